The number of hydrogen-bond donors (Lipinski definition) is 0. The largest absolute Gasteiger partial charge is 0.393 e. The first kappa shape index (κ1) is 10.9. The molecule has 0 radical (unpaired) electrons. The van der Waals surface area contributed by atoms with Crippen molar-refractivity contribution >= 4 is 54.4 Å². The Kier molecular flexibility index (Phi) is 4.38. The van der Waals surface area contributed by atoms with Crippen molar-refractivity contribution in [3.05, 3.63) is 0 Å². The van der Waals surface area contributed by atoms with Gasteiger partial charge in [-0.25, -0.2) is 0 Å². The van der Waals surface area contributed by atoms with Crippen LogP contribution in [-0.2, 0) is 0 Å². The van der Waals surface area contributed by atoms with E-state index in [1.54, 1.807) is 0 Å². The molecule has 60 valence electrons. The standard InChI is InChI=1S/C2Br3F3N2/c3-9-1(6)2(7,8)10(4)5/b9-1-. The predicted molar refractivity (Wildman–Crippen MR) is 42.1 cm³/mol. The van der Waals surface area contributed by atoms with Gasteiger partial charge in [0.2, 0.25) is 0 Å². The molecule has 8 heteroatoms. The zero-order valence-corrected chi connectivity index (χ0v) is 8.92. The highest BCUT2D eigenvalue weighted by Gasteiger charge is 2.42. The molecule has 10 heavy (non-hydrogen) atoms. The molecular weight excluding hydrogens is 349 g/mol. The molecule has 0 aliphatic rings. The highest BCUT2D eigenvalue weighted by atomic mass is 79.9. The van der Waals surface area contributed by atoms with Crippen LogP contribution < -0.4 is 0 Å². The van der Waals surface area contributed by atoms with E-state index >= 15 is 0 Å². The summed E-state index contributed by atoms with van der Waals surface area (Å²) in [6, 6.07) is -3.79. The first-order valence-electron chi connectivity index (χ1n) is 1.77. The third-order valence-electron chi connectivity index (χ3n) is 0.535. The Labute approximate surface area is 80.5 Å². The summed E-state index contributed by atoms with van der Waals surface area (Å²) in [6.45, 7) is 0. The number of nitrogens with zero attached hydrogens (tertiary/aromatic N) is 2. The summed E-state index contributed by atoms with van der Waals surface area (Å²) in [4.78, 5) is 0. The molecule has 2 nitrogen and oxygen atoms in total. The third kappa shape index (κ3) is 2.48. The average molecular weight is 349 g/mol. The van der Waals surface area contributed by atoms with Crippen LogP contribution in [0.2, 0.25) is 0 Å². The lowest BCUT2D eigenvalue weighted by Crippen LogP contribution is -2.33. The van der Waals surface area contributed by atoms with E-state index in [4.69, 9.17) is 0 Å². The van der Waals surface area contributed by atoms with Crippen molar-refractivity contribution in [3.63, 3.8) is 0 Å². The molecule has 0 atom stereocenters. The Morgan fingerprint density at radius 3 is 1.90 bits per heavy atom. The van der Waals surface area contributed by atoms with Gasteiger partial charge in [0, 0.05) is 32.3 Å². The molecule has 0 unspecified atom stereocenters. The minimum absolute atomic E-state index is 0.0487. The highest BCUT2D eigenvalue weighted by Crippen LogP contribution is 2.29. The van der Waals surface area contributed by atoms with Gasteiger partial charge in [0.25, 0.3) is 5.97 Å². The lowest BCUT2D eigenvalue weighted by molar-refractivity contribution is 0.0169. The second kappa shape index (κ2) is 4.03. The van der Waals surface area contributed by atoms with E-state index in [-0.39, 0.29) is 2.95 Å². The van der Waals surface area contributed by atoms with Crippen molar-refractivity contribution in [2.24, 2.45) is 4.02 Å². The molecule has 0 aliphatic carbocycles. The van der Waals surface area contributed by atoms with Gasteiger partial charge in [-0.1, -0.05) is 0 Å². The molecule has 0 saturated carbocycles. The lowest BCUT2D eigenvalue weighted by Gasteiger charge is -2.14. The Balaban J connectivity index is 4.40. The van der Waals surface area contributed by atoms with E-state index in [9.17, 15) is 13.2 Å². The molecule has 0 saturated heterocycles. The van der Waals surface area contributed by atoms with Crippen molar-refractivity contribution < 1.29 is 13.2 Å². The fraction of sp³-hybridized carbons (Fsp3) is 0.500. The summed E-state index contributed by atoms with van der Waals surface area (Å²) < 4.78 is 39.0. The summed E-state index contributed by atoms with van der Waals surface area (Å²) in [5.41, 5.74) is 0. The highest BCUT2D eigenvalue weighted by molar-refractivity contribution is 9.21. The molecule has 0 spiro atoms. The summed E-state index contributed by atoms with van der Waals surface area (Å²) in [7, 11) is 0. The average Bonchev–Trinajstić information content (AvgIpc) is 1.86. The fourth-order valence-corrected chi connectivity index (χ4v) is 0.627. The Morgan fingerprint density at radius 1 is 1.40 bits per heavy atom. The van der Waals surface area contributed by atoms with Crippen LogP contribution in [-0.4, -0.2) is 15.0 Å². The maximum atomic E-state index is 12.2. The number of hydrogen-bond acceptors (Lipinski definition) is 2. The van der Waals surface area contributed by atoms with Gasteiger partial charge in [-0.05, 0) is 0 Å². The van der Waals surface area contributed by atoms with Crippen molar-refractivity contribution in [1.29, 1.82) is 0 Å². The van der Waals surface area contributed by atoms with Gasteiger partial charge in [-0.3, -0.25) is 0 Å². The van der Waals surface area contributed by atoms with Gasteiger partial charge in [0.1, 0.15) is 0 Å². The van der Waals surface area contributed by atoms with Crippen molar-refractivity contribution in [2.75, 3.05) is 0 Å². The van der Waals surface area contributed by atoms with Crippen LogP contribution in [0.5, 0.6) is 0 Å². The summed E-state index contributed by atoms with van der Waals surface area (Å²) in [6.07, 6.45) is 0. The van der Waals surface area contributed by atoms with Gasteiger partial charge in [0.05, 0.1) is 16.1 Å². The predicted octanol–water partition coefficient (Wildman–Crippen LogP) is 3.18. The number of halogens is 6. The van der Waals surface area contributed by atoms with E-state index in [0.717, 1.165) is 0 Å². The number of rotatable bonds is 2. The summed E-state index contributed by atoms with van der Waals surface area (Å²) in [5, 5.41) is 0. The zero-order chi connectivity index (χ0) is 8.36. The van der Waals surface area contributed by atoms with Gasteiger partial charge < -0.3 is 0 Å². The van der Waals surface area contributed by atoms with Crippen molar-refractivity contribution in [1.82, 2.24) is 2.95 Å². The van der Waals surface area contributed by atoms with Crippen LogP contribution in [0, 0.1) is 0 Å². The van der Waals surface area contributed by atoms with Gasteiger partial charge in [-0.15, -0.1) is 2.95 Å². The third-order valence-corrected chi connectivity index (χ3v) is 1.74. The topological polar surface area (TPSA) is 15.6 Å². The molecule has 0 fully saturated rings. The molecular formula is C2Br3F3N2. The van der Waals surface area contributed by atoms with E-state index < -0.39 is 12.0 Å². The van der Waals surface area contributed by atoms with E-state index in [2.05, 4.69) is 52.5 Å². The molecule has 0 aromatic rings. The fourth-order valence-electron chi connectivity index (χ4n) is 0.121. The first-order valence-corrected chi connectivity index (χ1v) is 3.90. The van der Waals surface area contributed by atoms with Gasteiger partial charge in [-0.2, -0.15) is 17.2 Å². The zero-order valence-electron chi connectivity index (χ0n) is 4.16. The number of alkyl halides is 2. The monoisotopic (exact) mass is 346 g/mol. The van der Waals surface area contributed by atoms with Crippen molar-refractivity contribution in [3.8, 4) is 0 Å². The maximum Gasteiger partial charge on any atom is 0.393 e. The summed E-state index contributed by atoms with van der Waals surface area (Å²) in [5.74, 6) is -1.85. The molecule has 0 rings (SSSR count). The molecule has 0 bridgehead atoms. The Bertz CT molecular complexity index is 147. The lowest BCUT2D eigenvalue weighted by atomic mass is 10.6. The quantitative estimate of drug-likeness (QED) is 0.425. The molecule has 0 aromatic heterocycles. The molecule has 0 aliphatic heterocycles. The van der Waals surface area contributed by atoms with Crippen molar-refractivity contribution in [2.45, 2.75) is 6.05 Å². The molecule has 0 aromatic carbocycles. The Morgan fingerprint density at radius 2 is 1.80 bits per heavy atom. The minimum atomic E-state index is -3.79. The maximum absolute atomic E-state index is 12.2. The van der Waals surface area contributed by atoms with Crippen LogP contribution in [0.25, 0.3) is 0 Å². The molecule has 0 amide bonds. The van der Waals surface area contributed by atoms with E-state index in [0.29, 0.717) is 0 Å². The van der Waals surface area contributed by atoms with E-state index in [1.165, 1.54) is 0 Å². The minimum Gasteiger partial charge on any atom is -0.181 e. The summed E-state index contributed by atoms with van der Waals surface area (Å²) >= 11 is 6.77. The van der Waals surface area contributed by atoms with E-state index in [1.807, 2.05) is 0 Å². The van der Waals surface area contributed by atoms with Crippen LogP contribution >= 0.6 is 48.4 Å². The van der Waals surface area contributed by atoms with Crippen LogP contribution in [0.1, 0.15) is 0 Å². The Hall–Kier alpha value is 0.860. The van der Waals surface area contributed by atoms with Crippen LogP contribution in [0.4, 0.5) is 13.2 Å². The first-order chi connectivity index (χ1) is 4.42. The second-order valence-corrected chi connectivity index (χ2v) is 3.87. The SMILES string of the molecule is F/C(=N\Br)C(F)(F)N(Br)Br. The molecule has 0 N–H and O–H groups in total. The van der Waals surface area contributed by atoms with Gasteiger partial charge in [0.15, 0.2) is 0 Å². The smallest absolute Gasteiger partial charge is 0.181 e. The normalized spacial score (nSPS) is 14.5. The molecule has 0 heterocycles. The van der Waals surface area contributed by atoms with Gasteiger partial charge >= 0.3 is 6.05 Å². The van der Waals surface area contributed by atoms with Crippen LogP contribution in [0.15, 0.2) is 4.02 Å². The van der Waals surface area contributed by atoms with Crippen LogP contribution in [0.3, 0.4) is 0 Å². The second-order valence-electron chi connectivity index (χ2n) is 1.15.